The third kappa shape index (κ3) is 3.46. The van der Waals surface area contributed by atoms with Gasteiger partial charge in [0.25, 0.3) is 0 Å². The average Bonchev–Trinajstić information content (AvgIpc) is 3.39. The summed E-state index contributed by atoms with van der Waals surface area (Å²) in [7, 11) is 0. The van der Waals surface area contributed by atoms with E-state index in [0.717, 1.165) is 39.1 Å². The van der Waals surface area contributed by atoms with Crippen molar-refractivity contribution in [1.82, 2.24) is 14.5 Å². The van der Waals surface area contributed by atoms with Crippen molar-refractivity contribution >= 4 is 43.6 Å². The molecule has 0 aliphatic heterocycles. The first-order valence-corrected chi connectivity index (χ1v) is 15.4. The fourth-order valence-corrected chi connectivity index (χ4v) is 7.36. The van der Waals surface area contributed by atoms with Crippen LogP contribution in [0.5, 0.6) is 0 Å². The molecule has 3 heteroatoms. The zero-order chi connectivity index (χ0) is 29.5. The lowest BCUT2D eigenvalue weighted by Crippen LogP contribution is -2.03. The first-order chi connectivity index (χ1) is 22.3. The minimum absolute atomic E-state index is 0.840. The van der Waals surface area contributed by atoms with Gasteiger partial charge in [0, 0.05) is 16.3 Å². The molecule has 1 aliphatic rings. The Hall–Kier alpha value is -6.06. The fraction of sp³-hybridized carbons (Fsp3) is 0. The van der Waals surface area contributed by atoms with Gasteiger partial charge >= 0.3 is 0 Å². The van der Waals surface area contributed by atoms with Crippen LogP contribution in [0, 0.1) is 0 Å². The van der Waals surface area contributed by atoms with Crippen LogP contribution in [0.4, 0.5) is 0 Å². The molecule has 0 spiro atoms. The Kier molecular flexibility index (Phi) is 5.00. The number of benzene rings is 7. The van der Waals surface area contributed by atoms with E-state index in [4.69, 9.17) is 9.97 Å². The summed E-state index contributed by atoms with van der Waals surface area (Å²) in [6, 6.07) is 54.1. The summed E-state index contributed by atoms with van der Waals surface area (Å²) in [5.74, 6) is 0.840. The average molecular weight is 572 g/mol. The third-order valence-corrected chi connectivity index (χ3v) is 9.30. The quantitative estimate of drug-likeness (QED) is 0.211. The van der Waals surface area contributed by atoms with Crippen LogP contribution in [0.3, 0.4) is 0 Å². The van der Waals surface area contributed by atoms with E-state index in [0.29, 0.717) is 0 Å². The van der Waals surface area contributed by atoms with Crippen molar-refractivity contribution in [2.45, 2.75) is 0 Å². The van der Waals surface area contributed by atoms with Crippen LogP contribution < -0.4 is 0 Å². The maximum atomic E-state index is 5.34. The van der Waals surface area contributed by atoms with Crippen LogP contribution in [0.2, 0.25) is 0 Å². The molecule has 0 radical (unpaired) electrons. The molecular weight excluding hydrogens is 546 g/mol. The van der Waals surface area contributed by atoms with E-state index in [1.807, 2.05) is 24.3 Å². The number of fused-ring (bicyclic) bond motifs is 4. The Balaban J connectivity index is 1.40. The third-order valence-electron chi connectivity index (χ3n) is 9.30. The van der Waals surface area contributed by atoms with Gasteiger partial charge in [-0.3, -0.25) is 4.57 Å². The molecule has 45 heavy (non-hydrogen) atoms. The molecule has 0 saturated carbocycles. The normalized spacial score (nSPS) is 12.0. The molecule has 208 valence electrons. The van der Waals surface area contributed by atoms with E-state index in [2.05, 4.69) is 132 Å². The molecule has 0 bridgehead atoms. The van der Waals surface area contributed by atoms with Gasteiger partial charge < -0.3 is 0 Å². The molecule has 2 heterocycles. The molecule has 10 rings (SSSR count). The SMILES string of the molecule is c1ccc(-c2cc3c4c(ccc5c4c4c(cccc4n5-c4nc5ccccc5nc4-c4ccccc4)-c4ccccc4-3)c2)cc1. The van der Waals surface area contributed by atoms with Crippen LogP contribution >= 0.6 is 0 Å². The summed E-state index contributed by atoms with van der Waals surface area (Å²) in [6.07, 6.45) is 0. The maximum Gasteiger partial charge on any atom is 0.165 e. The lowest BCUT2D eigenvalue weighted by atomic mass is 9.90. The van der Waals surface area contributed by atoms with Crippen LogP contribution in [0.25, 0.3) is 94.1 Å². The van der Waals surface area contributed by atoms with E-state index < -0.39 is 0 Å². The van der Waals surface area contributed by atoms with Crippen LogP contribution in [0.15, 0.2) is 152 Å². The van der Waals surface area contributed by atoms with Crippen LogP contribution in [-0.4, -0.2) is 14.5 Å². The molecule has 9 aromatic rings. The van der Waals surface area contributed by atoms with Gasteiger partial charge in [0.2, 0.25) is 0 Å². The van der Waals surface area contributed by atoms with Gasteiger partial charge in [0.05, 0.1) is 22.1 Å². The van der Waals surface area contributed by atoms with Crippen molar-refractivity contribution in [2.75, 3.05) is 0 Å². The second kappa shape index (κ2) is 9.22. The van der Waals surface area contributed by atoms with Crippen molar-refractivity contribution in [3.63, 3.8) is 0 Å². The number of hydrogen-bond acceptors (Lipinski definition) is 2. The molecule has 0 unspecified atom stereocenters. The molecular formula is C42H25N3. The van der Waals surface area contributed by atoms with Crippen LogP contribution in [-0.2, 0) is 0 Å². The number of hydrogen-bond donors (Lipinski definition) is 0. The van der Waals surface area contributed by atoms with Gasteiger partial charge in [-0.1, -0.05) is 115 Å². The Morgan fingerprint density at radius 1 is 0.378 bits per heavy atom. The molecule has 3 nitrogen and oxygen atoms in total. The van der Waals surface area contributed by atoms with Gasteiger partial charge in [-0.05, 0) is 80.6 Å². The molecule has 2 aromatic heterocycles. The van der Waals surface area contributed by atoms with Gasteiger partial charge in [-0.25, -0.2) is 9.97 Å². The summed E-state index contributed by atoms with van der Waals surface area (Å²) in [4.78, 5) is 10.6. The van der Waals surface area contributed by atoms with E-state index in [-0.39, 0.29) is 0 Å². The molecule has 0 atom stereocenters. The number of nitrogens with zero attached hydrogens (tertiary/aromatic N) is 3. The van der Waals surface area contributed by atoms with Gasteiger partial charge in [-0.2, -0.15) is 0 Å². The van der Waals surface area contributed by atoms with E-state index in [9.17, 15) is 0 Å². The largest absolute Gasteiger partial charge is 0.292 e. The highest BCUT2D eigenvalue weighted by atomic mass is 15.1. The van der Waals surface area contributed by atoms with Crippen molar-refractivity contribution in [3.05, 3.63) is 152 Å². The molecule has 0 saturated heterocycles. The van der Waals surface area contributed by atoms with Gasteiger partial charge in [-0.15, -0.1) is 0 Å². The summed E-state index contributed by atoms with van der Waals surface area (Å²) in [6.45, 7) is 0. The molecule has 0 amide bonds. The Morgan fingerprint density at radius 3 is 1.78 bits per heavy atom. The highest BCUT2D eigenvalue weighted by Crippen LogP contribution is 2.50. The van der Waals surface area contributed by atoms with Gasteiger partial charge in [0.15, 0.2) is 5.82 Å². The second-order valence-corrected chi connectivity index (χ2v) is 11.8. The molecule has 0 N–H and O–H groups in total. The second-order valence-electron chi connectivity index (χ2n) is 11.8. The van der Waals surface area contributed by atoms with E-state index in [1.165, 1.54) is 54.9 Å². The summed E-state index contributed by atoms with van der Waals surface area (Å²) in [5.41, 5.74) is 13.4. The lowest BCUT2D eigenvalue weighted by Gasteiger charge is -2.16. The fourth-order valence-electron chi connectivity index (χ4n) is 7.36. The van der Waals surface area contributed by atoms with Crippen molar-refractivity contribution in [3.8, 4) is 50.5 Å². The molecule has 7 aromatic carbocycles. The Labute approximate surface area is 259 Å². The highest BCUT2D eigenvalue weighted by Gasteiger charge is 2.27. The minimum Gasteiger partial charge on any atom is -0.292 e. The van der Waals surface area contributed by atoms with E-state index >= 15 is 0 Å². The maximum absolute atomic E-state index is 5.34. The van der Waals surface area contributed by atoms with Gasteiger partial charge in [0.1, 0.15) is 5.69 Å². The summed E-state index contributed by atoms with van der Waals surface area (Å²) in [5, 5.41) is 5.03. The highest BCUT2D eigenvalue weighted by molar-refractivity contribution is 6.30. The van der Waals surface area contributed by atoms with Crippen molar-refractivity contribution in [1.29, 1.82) is 0 Å². The topological polar surface area (TPSA) is 30.7 Å². The predicted octanol–water partition coefficient (Wildman–Crippen LogP) is 10.9. The van der Waals surface area contributed by atoms with Crippen LogP contribution in [0.1, 0.15) is 0 Å². The number of para-hydroxylation sites is 2. The van der Waals surface area contributed by atoms with Crippen molar-refractivity contribution in [2.24, 2.45) is 0 Å². The first-order valence-electron chi connectivity index (χ1n) is 15.4. The molecule has 1 aliphatic carbocycles. The van der Waals surface area contributed by atoms with E-state index in [1.54, 1.807) is 0 Å². The lowest BCUT2D eigenvalue weighted by molar-refractivity contribution is 1.08. The Bertz CT molecular complexity index is 2630. The number of aromatic nitrogens is 3. The Morgan fingerprint density at radius 2 is 1.00 bits per heavy atom. The molecule has 0 fully saturated rings. The van der Waals surface area contributed by atoms with Crippen molar-refractivity contribution < 1.29 is 0 Å². The number of rotatable bonds is 3. The summed E-state index contributed by atoms with van der Waals surface area (Å²) >= 11 is 0. The standard InChI is InChI=1S/C42H25N3/c1-3-12-26(13-4-1)29-24-28-22-23-37-40-38(28)33(25-29)31-17-8-7-16-30(31)32-18-11-21-36(39(32)40)45(37)42-41(27-14-5-2-6-15-27)43-34-19-9-10-20-35(34)44-42/h1-25H. The zero-order valence-electron chi connectivity index (χ0n) is 24.3. The monoisotopic (exact) mass is 571 g/mol. The first kappa shape index (κ1) is 24.4. The zero-order valence-corrected chi connectivity index (χ0v) is 24.3. The predicted molar refractivity (Wildman–Crippen MR) is 187 cm³/mol. The smallest absolute Gasteiger partial charge is 0.165 e. The summed E-state index contributed by atoms with van der Waals surface area (Å²) < 4.78 is 2.35. The minimum atomic E-state index is 0.840.